The van der Waals surface area contributed by atoms with E-state index in [2.05, 4.69) is 5.32 Å². The van der Waals surface area contributed by atoms with Gasteiger partial charge in [0.1, 0.15) is 30.3 Å². The lowest BCUT2D eigenvalue weighted by molar-refractivity contribution is 0.0952. The normalized spacial score (nSPS) is 10.7. The molecule has 0 aliphatic carbocycles. The minimum Gasteiger partial charge on any atom is -0.413 e. The van der Waals surface area contributed by atoms with Crippen LogP contribution in [-0.4, -0.2) is 17.7 Å². The lowest BCUT2D eigenvalue weighted by Crippen LogP contribution is -2.32. The Morgan fingerprint density at radius 3 is 2.40 bits per heavy atom. The van der Waals surface area contributed by atoms with Gasteiger partial charge in [0.25, 0.3) is 11.5 Å². The van der Waals surface area contributed by atoms with Crippen LogP contribution in [-0.2, 0) is 0 Å². The van der Waals surface area contributed by atoms with Crippen LogP contribution in [0, 0.1) is 17.5 Å². The molecule has 5 nitrogen and oxygen atoms in total. The van der Waals surface area contributed by atoms with Gasteiger partial charge in [0, 0.05) is 6.07 Å². The summed E-state index contributed by atoms with van der Waals surface area (Å²) in [5.74, 6) is -3.24. The van der Waals surface area contributed by atoms with Crippen LogP contribution in [0.5, 0.6) is 0 Å². The van der Waals surface area contributed by atoms with Crippen molar-refractivity contribution in [3.05, 3.63) is 76.0 Å². The average Bonchev–Trinajstić information content (AvgIpc) is 2.56. The average molecular weight is 348 g/mol. The van der Waals surface area contributed by atoms with Crippen molar-refractivity contribution in [2.75, 3.05) is 12.4 Å². The van der Waals surface area contributed by atoms with E-state index in [1.165, 1.54) is 19.2 Å². The second kappa shape index (κ2) is 6.31. The number of nitrogens with zero attached hydrogens (tertiary/aromatic N) is 1. The maximum Gasteiger partial charge on any atom is 0.291 e. The number of anilines is 1. The number of halogens is 3. The summed E-state index contributed by atoms with van der Waals surface area (Å²) in [6.45, 7) is 0. The van der Waals surface area contributed by atoms with E-state index in [-0.39, 0.29) is 22.2 Å². The zero-order chi connectivity index (χ0) is 18.1. The smallest absolute Gasteiger partial charge is 0.291 e. The van der Waals surface area contributed by atoms with Gasteiger partial charge in [-0.25, -0.2) is 13.2 Å². The number of nitrogens with one attached hydrogen (secondary N) is 1. The molecule has 0 aliphatic rings. The first-order valence-electron chi connectivity index (χ1n) is 7.07. The van der Waals surface area contributed by atoms with E-state index < -0.39 is 28.9 Å². The Bertz CT molecular complexity index is 1050. The third-order valence-corrected chi connectivity index (χ3v) is 3.53. The first-order valence-corrected chi connectivity index (χ1v) is 7.07. The van der Waals surface area contributed by atoms with Crippen molar-refractivity contribution >= 4 is 22.4 Å². The van der Waals surface area contributed by atoms with E-state index in [4.69, 9.17) is 4.84 Å². The molecule has 3 aromatic rings. The second-order valence-corrected chi connectivity index (χ2v) is 5.12. The molecule has 128 valence electrons. The van der Waals surface area contributed by atoms with Gasteiger partial charge in [-0.1, -0.05) is 0 Å². The van der Waals surface area contributed by atoms with E-state index >= 15 is 0 Å². The Hall–Kier alpha value is -3.29. The molecule has 0 aliphatic heterocycles. The Kier molecular flexibility index (Phi) is 4.18. The summed E-state index contributed by atoms with van der Waals surface area (Å²) < 4.78 is 40.7. The van der Waals surface area contributed by atoms with Crippen molar-refractivity contribution in [3.8, 4) is 0 Å². The van der Waals surface area contributed by atoms with Crippen molar-refractivity contribution in [3.63, 3.8) is 0 Å². The molecular formula is C17H11F3N2O3. The van der Waals surface area contributed by atoms with E-state index in [1.54, 1.807) is 0 Å². The van der Waals surface area contributed by atoms with Crippen molar-refractivity contribution in [1.29, 1.82) is 0 Å². The van der Waals surface area contributed by atoms with Gasteiger partial charge in [-0.05, 0) is 41.8 Å². The third-order valence-electron chi connectivity index (χ3n) is 3.53. The molecule has 0 spiro atoms. The molecule has 25 heavy (non-hydrogen) atoms. The van der Waals surface area contributed by atoms with Crippen LogP contribution in [0.25, 0.3) is 10.8 Å². The van der Waals surface area contributed by atoms with Crippen molar-refractivity contribution in [2.24, 2.45) is 0 Å². The van der Waals surface area contributed by atoms with Crippen LogP contribution in [0.2, 0.25) is 0 Å². The number of hydrogen-bond donors (Lipinski definition) is 1. The highest BCUT2D eigenvalue weighted by Crippen LogP contribution is 2.18. The number of fused-ring (bicyclic) bond motifs is 1. The summed E-state index contributed by atoms with van der Waals surface area (Å²) in [7, 11) is 1.17. The van der Waals surface area contributed by atoms with E-state index in [9.17, 15) is 22.8 Å². The van der Waals surface area contributed by atoms with Crippen molar-refractivity contribution in [1.82, 2.24) is 4.73 Å². The van der Waals surface area contributed by atoms with Crippen LogP contribution in [0.4, 0.5) is 18.9 Å². The molecule has 3 rings (SSSR count). The molecule has 1 N–H and O–H groups in total. The molecule has 0 radical (unpaired) electrons. The molecule has 0 bridgehead atoms. The first kappa shape index (κ1) is 16.6. The van der Waals surface area contributed by atoms with E-state index in [0.717, 1.165) is 24.3 Å². The van der Waals surface area contributed by atoms with Crippen molar-refractivity contribution < 1.29 is 22.8 Å². The highest BCUT2D eigenvalue weighted by Gasteiger charge is 2.18. The summed E-state index contributed by atoms with van der Waals surface area (Å²) in [6.07, 6.45) is 0. The largest absolute Gasteiger partial charge is 0.413 e. The molecule has 8 heteroatoms. The topological polar surface area (TPSA) is 60.3 Å². The summed E-state index contributed by atoms with van der Waals surface area (Å²) >= 11 is 0. The number of rotatable bonds is 3. The fraction of sp³-hybridized carbons (Fsp3) is 0.0588. The first-order chi connectivity index (χ1) is 11.9. The standard InChI is InChI=1S/C17H11F3N2O3/c1-25-22-15(7-9-6-10(18)2-4-12(9)17(22)24)16(23)21-14-5-3-11(19)8-13(14)20/h2-8H,1H3,(H,21,23). The Balaban J connectivity index is 2.10. The molecule has 1 aromatic heterocycles. The number of carbonyl (C=O) groups is 1. The SMILES string of the molecule is COn1c(C(=O)Nc2ccc(F)cc2F)cc2cc(F)ccc2c1=O. The molecule has 1 heterocycles. The van der Waals surface area contributed by atoms with Gasteiger partial charge in [-0.3, -0.25) is 9.59 Å². The number of benzene rings is 2. The van der Waals surface area contributed by atoms with Gasteiger partial charge in [0.2, 0.25) is 0 Å². The Morgan fingerprint density at radius 2 is 1.72 bits per heavy atom. The van der Waals surface area contributed by atoms with Crippen LogP contribution >= 0.6 is 0 Å². The van der Waals surface area contributed by atoms with Gasteiger partial charge < -0.3 is 10.2 Å². The second-order valence-electron chi connectivity index (χ2n) is 5.12. The lowest BCUT2D eigenvalue weighted by atomic mass is 10.1. The molecule has 1 amide bonds. The van der Waals surface area contributed by atoms with Crippen LogP contribution in [0.3, 0.4) is 0 Å². The van der Waals surface area contributed by atoms with Gasteiger partial charge >= 0.3 is 0 Å². The van der Waals surface area contributed by atoms with Crippen LogP contribution < -0.4 is 15.7 Å². The molecule has 0 saturated heterocycles. The molecule has 0 atom stereocenters. The summed E-state index contributed by atoms with van der Waals surface area (Å²) in [4.78, 5) is 29.7. The predicted octanol–water partition coefficient (Wildman–Crippen LogP) is 2.73. The maximum absolute atomic E-state index is 13.7. The summed E-state index contributed by atoms with van der Waals surface area (Å²) in [5, 5.41) is 2.55. The number of pyridine rings is 1. The summed E-state index contributed by atoms with van der Waals surface area (Å²) in [5.41, 5.74) is -1.22. The highest BCUT2D eigenvalue weighted by molar-refractivity contribution is 6.05. The fourth-order valence-electron chi connectivity index (χ4n) is 2.39. The summed E-state index contributed by atoms with van der Waals surface area (Å²) in [6, 6.07) is 7.32. The van der Waals surface area contributed by atoms with Crippen LogP contribution in [0.1, 0.15) is 10.5 Å². The van der Waals surface area contributed by atoms with E-state index in [0.29, 0.717) is 10.8 Å². The van der Waals surface area contributed by atoms with E-state index in [1.807, 2.05) is 0 Å². The maximum atomic E-state index is 13.7. The molecule has 0 saturated carbocycles. The van der Waals surface area contributed by atoms with Gasteiger partial charge in [-0.15, -0.1) is 4.73 Å². The van der Waals surface area contributed by atoms with Crippen molar-refractivity contribution in [2.45, 2.75) is 0 Å². The zero-order valence-electron chi connectivity index (χ0n) is 12.8. The minimum absolute atomic E-state index is 0.146. The Labute approximate surface area is 139 Å². The number of hydrogen-bond acceptors (Lipinski definition) is 3. The quantitative estimate of drug-likeness (QED) is 0.792. The van der Waals surface area contributed by atoms with Crippen LogP contribution in [0.15, 0.2) is 47.3 Å². The molecule has 0 fully saturated rings. The lowest BCUT2D eigenvalue weighted by Gasteiger charge is -2.13. The number of aromatic nitrogens is 1. The molecular weight excluding hydrogens is 337 g/mol. The van der Waals surface area contributed by atoms with Gasteiger partial charge in [0.05, 0.1) is 11.1 Å². The Morgan fingerprint density at radius 1 is 1.04 bits per heavy atom. The third kappa shape index (κ3) is 3.06. The zero-order valence-corrected chi connectivity index (χ0v) is 12.8. The molecule has 0 unspecified atom stereocenters. The fourth-order valence-corrected chi connectivity index (χ4v) is 2.39. The molecule has 2 aromatic carbocycles. The number of carbonyl (C=O) groups excluding carboxylic acids is 1. The highest BCUT2D eigenvalue weighted by atomic mass is 19.1. The monoisotopic (exact) mass is 348 g/mol. The van der Waals surface area contributed by atoms with Gasteiger partial charge in [-0.2, -0.15) is 0 Å². The predicted molar refractivity (Wildman–Crippen MR) is 85.0 cm³/mol. The van der Waals surface area contributed by atoms with Gasteiger partial charge in [0.15, 0.2) is 0 Å². The minimum atomic E-state index is -0.980. The number of amides is 1.